The van der Waals surface area contributed by atoms with Crippen molar-refractivity contribution in [3.05, 3.63) is 0 Å². The van der Waals surface area contributed by atoms with Gasteiger partial charge in [-0.2, -0.15) is 0 Å². The fourth-order valence-electron chi connectivity index (χ4n) is 3.70. The predicted octanol–water partition coefficient (Wildman–Crippen LogP) is 2.19. The first kappa shape index (κ1) is 29.1. The summed E-state index contributed by atoms with van der Waals surface area (Å²) < 4.78 is 0. The number of carboxylic acids is 2. The van der Waals surface area contributed by atoms with Crippen LogP contribution >= 0.6 is 0 Å². The predicted molar refractivity (Wildman–Crippen MR) is 105 cm³/mol. The molecule has 0 aromatic carbocycles. The second-order valence-corrected chi connectivity index (χ2v) is 8.40. The van der Waals surface area contributed by atoms with Crippen LogP contribution in [0.2, 0.25) is 0 Å². The maximum Gasteiger partial charge on any atom is 1.00 e. The Morgan fingerprint density at radius 1 is 1.00 bits per heavy atom. The van der Waals surface area contributed by atoms with Crippen molar-refractivity contribution in [3.63, 3.8) is 0 Å². The zero-order chi connectivity index (χ0) is 20.0. The molecule has 27 heavy (non-hydrogen) atoms. The first-order valence-corrected chi connectivity index (χ1v) is 10.7. The molecule has 0 aliphatic heterocycles. The van der Waals surface area contributed by atoms with Gasteiger partial charge in [0.25, 0.3) is 0 Å². The number of rotatable bonds is 11. The molecule has 1 aliphatic rings. The van der Waals surface area contributed by atoms with Gasteiger partial charge in [0.05, 0.1) is 0 Å². The van der Waals surface area contributed by atoms with Crippen LogP contribution in [0.5, 0.6) is 0 Å². The summed E-state index contributed by atoms with van der Waals surface area (Å²) in [6.45, 7) is 8.39. The molecule has 4 nitrogen and oxygen atoms in total. The summed E-state index contributed by atoms with van der Waals surface area (Å²) in [4.78, 5) is 21.3. The molecule has 1 saturated carbocycles. The number of carbonyl (C=O) groups is 2. The monoisotopic (exact) mass is 392 g/mol. The third kappa shape index (κ3) is 12.9. The van der Waals surface area contributed by atoms with Crippen LogP contribution in [-0.4, -0.2) is 17.0 Å². The van der Waals surface area contributed by atoms with Crippen molar-refractivity contribution in [2.75, 3.05) is 0 Å². The molecule has 0 amide bonds. The summed E-state index contributed by atoms with van der Waals surface area (Å²) >= 11 is 0. The fourth-order valence-corrected chi connectivity index (χ4v) is 3.70. The van der Waals surface area contributed by atoms with Crippen LogP contribution in [-0.2, 0) is 9.59 Å². The van der Waals surface area contributed by atoms with Crippen molar-refractivity contribution < 1.29 is 49.4 Å². The Morgan fingerprint density at radius 3 is 1.81 bits per heavy atom. The van der Waals surface area contributed by atoms with E-state index in [2.05, 4.69) is 13.8 Å². The average molecular weight is 393 g/mol. The Morgan fingerprint density at radius 2 is 1.44 bits per heavy atom. The molecular formula is C22H41NaO4. The van der Waals surface area contributed by atoms with Crippen LogP contribution in [0.3, 0.4) is 0 Å². The van der Waals surface area contributed by atoms with E-state index >= 15 is 0 Å². The van der Waals surface area contributed by atoms with Gasteiger partial charge in [-0.1, -0.05) is 72.6 Å². The second kappa shape index (κ2) is 16.9. The fraction of sp³-hybridized carbons (Fsp3) is 0.909. The molecule has 1 N–H and O–H groups in total. The van der Waals surface area contributed by atoms with Gasteiger partial charge >= 0.3 is 35.5 Å². The number of carboxylic acid groups (broad SMARTS) is 2. The normalized spacial score (nSPS) is 21.7. The smallest absolute Gasteiger partial charge is 0.550 e. The van der Waals surface area contributed by atoms with Crippen molar-refractivity contribution in [2.45, 2.75) is 111 Å². The Hall–Kier alpha value is -0.0600. The van der Waals surface area contributed by atoms with Crippen LogP contribution in [0.15, 0.2) is 0 Å². The molecule has 5 heteroatoms. The van der Waals surface area contributed by atoms with Crippen molar-refractivity contribution in [1.82, 2.24) is 0 Å². The molecule has 1 aliphatic carbocycles. The summed E-state index contributed by atoms with van der Waals surface area (Å²) in [6.07, 6.45) is 13.7. The van der Waals surface area contributed by atoms with Crippen molar-refractivity contribution in [3.8, 4) is 0 Å². The molecule has 0 spiro atoms. The van der Waals surface area contributed by atoms with Crippen LogP contribution in [0.4, 0.5) is 0 Å². The summed E-state index contributed by atoms with van der Waals surface area (Å²) in [7, 11) is 0. The standard InChI is InChI=1S/C11H20O2.C11H22O2.Na/c1-8(2)11(10(12)13)6-4-9(3)5-7-11;1-2-3-4-5-6-7-8-9-10-11(12)13;/h8-9H,4-7H2,1-3H3,(H,12,13);2-10H2,1H3,(H,12,13);/q;;+1/p-1. The molecule has 0 atom stereocenters. The van der Waals surface area contributed by atoms with Crippen molar-refractivity contribution in [1.29, 1.82) is 0 Å². The molecule has 1 fully saturated rings. The van der Waals surface area contributed by atoms with Gasteiger partial charge < -0.3 is 15.0 Å². The van der Waals surface area contributed by atoms with Gasteiger partial charge in [0.15, 0.2) is 0 Å². The maximum atomic E-state index is 11.1. The van der Waals surface area contributed by atoms with Gasteiger partial charge in [-0.25, -0.2) is 0 Å². The van der Waals surface area contributed by atoms with Crippen molar-refractivity contribution >= 4 is 11.9 Å². The van der Waals surface area contributed by atoms with Crippen LogP contribution in [0.1, 0.15) is 111 Å². The number of unbranched alkanes of at least 4 members (excludes halogenated alkanes) is 7. The topological polar surface area (TPSA) is 77.4 Å². The summed E-state index contributed by atoms with van der Waals surface area (Å²) in [5.41, 5.74) is -0.535. The van der Waals surface area contributed by atoms with Gasteiger partial charge in [0.1, 0.15) is 0 Å². The van der Waals surface area contributed by atoms with Crippen LogP contribution in [0, 0.1) is 17.3 Å². The Kier molecular flexibility index (Phi) is 18.2. The van der Waals surface area contributed by atoms with Gasteiger partial charge in [-0.3, -0.25) is 4.79 Å². The molecule has 0 saturated heterocycles. The molecule has 1 rings (SSSR count). The third-order valence-electron chi connectivity index (χ3n) is 5.92. The Bertz CT molecular complexity index is 388. The quantitative estimate of drug-likeness (QED) is 0.432. The van der Waals surface area contributed by atoms with E-state index in [1.807, 2.05) is 13.8 Å². The van der Waals surface area contributed by atoms with E-state index in [1.165, 1.54) is 38.5 Å². The minimum Gasteiger partial charge on any atom is -0.550 e. The number of hydrogen-bond donors (Lipinski definition) is 1. The molecule has 0 aromatic rings. The molecular weight excluding hydrogens is 351 g/mol. The van der Waals surface area contributed by atoms with E-state index in [-0.39, 0.29) is 35.5 Å². The number of hydrogen-bond acceptors (Lipinski definition) is 3. The van der Waals surface area contributed by atoms with Crippen LogP contribution in [0.25, 0.3) is 0 Å². The average Bonchev–Trinajstić information content (AvgIpc) is 2.58. The molecule has 0 bridgehead atoms. The van der Waals surface area contributed by atoms with Gasteiger partial charge in [0.2, 0.25) is 0 Å². The first-order chi connectivity index (χ1) is 12.3. The molecule has 0 heterocycles. The molecule has 154 valence electrons. The van der Waals surface area contributed by atoms with E-state index in [1.54, 1.807) is 0 Å². The van der Waals surface area contributed by atoms with Crippen molar-refractivity contribution in [2.24, 2.45) is 17.3 Å². The minimum absolute atomic E-state index is 0. The van der Waals surface area contributed by atoms with E-state index in [4.69, 9.17) is 5.11 Å². The largest absolute Gasteiger partial charge is 1.00 e. The Labute approximate surface area is 189 Å². The van der Waals surface area contributed by atoms with E-state index in [0.29, 0.717) is 12.3 Å². The maximum absolute atomic E-state index is 11.1. The van der Waals surface area contributed by atoms with Gasteiger partial charge in [-0.05, 0) is 43.9 Å². The molecule has 0 aromatic heterocycles. The summed E-state index contributed by atoms with van der Waals surface area (Å²) in [6, 6.07) is 0. The molecule has 0 radical (unpaired) electrons. The van der Waals surface area contributed by atoms with E-state index in [0.717, 1.165) is 38.5 Å². The zero-order valence-electron chi connectivity index (χ0n) is 18.5. The van der Waals surface area contributed by atoms with Gasteiger partial charge in [-0.15, -0.1) is 0 Å². The molecule has 0 unspecified atom stereocenters. The van der Waals surface area contributed by atoms with E-state index < -0.39 is 17.4 Å². The minimum atomic E-state index is -0.839. The summed E-state index contributed by atoms with van der Waals surface area (Å²) in [5.74, 6) is -0.614. The van der Waals surface area contributed by atoms with Gasteiger partial charge in [0, 0.05) is 17.8 Å². The Balaban J connectivity index is 0. The van der Waals surface area contributed by atoms with E-state index in [9.17, 15) is 14.7 Å². The summed E-state index contributed by atoms with van der Waals surface area (Å²) in [5, 5.41) is 19.5. The third-order valence-corrected chi connectivity index (χ3v) is 5.92. The first-order valence-electron chi connectivity index (χ1n) is 10.7. The zero-order valence-corrected chi connectivity index (χ0v) is 20.5. The second-order valence-electron chi connectivity index (χ2n) is 8.40. The number of carbonyl (C=O) groups excluding carboxylic acids is 1. The number of aliphatic carboxylic acids is 2. The SMILES string of the molecule is CC1CCC(C(=O)[O-])(C(C)C)CC1.CCCCCCCCCCC(=O)O.[Na+]. The van der Waals surface area contributed by atoms with Crippen LogP contribution < -0.4 is 34.7 Å².